The maximum absolute atomic E-state index is 12.0. The molecule has 5 heteroatoms. The van der Waals surface area contributed by atoms with Crippen molar-refractivity contribution in [3.8, 4) is 11.1 Å². The Morgan fingerprint density at radius 2 is 1.92 bits per heavy atom. The molecule has 1 saturated carbocycles. The van der Waals surface area contributed by atoms with Crippen LogP contribution in [0.2, 0.25) is 0 Å². The van der Waals surface area contributed by atoms with E-state index in [4.69, 9.17) is 0 Å². The normalized spacial score (nSPS) is 13.9. The van der Waals surface area contributed by atoms with Gasteiger partial charge in [-0.15, -0.1) is 11.8 Å². The van der Waals surface area contributed by atoms with E-state index in [2.05, 4.69) is 27.4 Å². The number of nitrogens with one attached hydrogen (secondary N) is 1. The highest BCUT2D eigenvalue weighted by molar-refractivity contribution is 7.98. The summed E-state index contributed by atoms with van der Waals surface area (Å²) in [6.45, 7) is 0. The van der Waals surface area contributed by atoms with Crippen LogP contribution in [0.25, 0.3) is 21.9 Å². The smallest absolute Gasteiger partial charge is 0.228 e. The fraction of sp³-hybridized carbons (Fsp3) is 0.211. The summed E-state index contributed by atoms with van der Waals surface area (Å²) in [6, 6.07) is 12.1. The van der Waals surface area contributed by atoms with Crippen molar-refractivity contribution in [2.24, 2.45) is 5.92 Å². The fourth-order valence-electron chi connectivity index (χ4n) is 2.76. The van der Waals surface area contributed by atoms with Gasteiger partial charge in [-0.3, -0.25) is 4.79 Å². The first-order valence-corrected chi connectivity index (χ1v) is 9.18. The lowest BCUT2D eigenvalue weighted by Gasteiger charge is -2.11. The number of hydrogen-bond acceptors (Lipinski definition) is 4. The number of benzene rings is 1. The van der Waals surface area contributed by atoms with Crippen molar-refractivity contribution < 1.29 is 4.79 Å². The Labute approximate surface area is 144 Å². The largest absolute Gasteiger partial charge is 0.310 e. The zero-order chi connectivity index (χ0) is 16.5. The molecule has 1 amide bonds. The number of aromatic nitrogens is 2. The number of thioether (sulfide) groups is 1. The molecular formula is C19H17N3OS. The molecule has 1 aliphatic rings. The number of rotatable bonds is 4. The predicted octanol–water partition coefficient (Wildman–Crippen LogP) is 4.37. The van der Waals surface area contributed by atoms with Gasteiger partial charge in [0.1, 0.15) is 10.8 Å². The van der Waals surface area contributed by atoms with Crippen LogP contribution < -0.4 is 5.32 Å². The third-order valence-electron chi connectivity index (χ3n) is 4.21. The van der Waals surface area contributed by atoms with Crippen LogP contribution in [0, 0.1) is 5.92 Å². The van der Waals surface area contributed by atoms with Crippen LogP contribution in [0.15, 0.2) is 53.8 Å². The van der Waals surface area contributed by atoms with Crippen LogP contribution >= 0.6 is 11.8 Å². The Bertz CT molecular complexity index is 907. The zero-order valence-electron chi connectivity index (χ0n) is 13.3. The van der Waals surface area contributed by atoms with Gasteiger partial charge in [0, 0.05) is 29.3 Å². The molecule has 0 bridgehead atoms. The van der Waals surface area contributed by atoms with E-state index in [1.807, 2.05) is 42.9 Å². The molecule has 0 aliphatic heterocycles. The SMILES string of the molecule is CSc1ncc(-c2ccccc2)c2cc(NC(=O)C3CC3)ncc12. The molecule has 1 aromatic carbocycles. The molecule has 1 fully saturated rings. The summed E-state index contributed by atoms with van der Waals surface area (Å²) in [5, 5.41) is 5.94. The monoisotopic (exact) mass is 335 g/mol. The first kappa shape index (κ1) is 15.1. The first-order chi connectivity index (χ1) is 11.8. The van der Waals surface area contributed by atoms with Crippen molar-refractivity contribution in [2.45, 2.75) is 17.9 Å². The van der Waals surface area contributed by atoms with Crippen LogP contribution in [-0.2, 0) is 4.79 Å². The van der Waals surface area contributed by atoms with Gasteiger partial charge in [-0.05, 0) is 36.1 Å². The summed E-state index contributed by atoms with van der Waals surface area (Å²) in [5.74, 6) is 0.840. The molecule has 24 heavy (non-hydrogen) atoms. The van der Waals surface area contributed by atoms with E-state index in [1.54, 1.807) is 11.8 Å². The number of carbonyl (C=O) groups excluding carboxylic acids is 1. The van der Waals surface area contributed by atoms with Gasteiger partial charge >= 0.3 is 0 Å². The Morgan fingerprint density at radius 1 is 1.12 bits per heavy atom. The first-order valence-electron chi connectivity index (χ1n) is 7.95. The van der Waals surface area contributed by atoms with Crippen molar-refractivity contribution in [3.63, 3.8) is 0 Å². The molecule has 2 heterocycles. The number of hydrogen-bond donors (Lipinski definition) is 1. The number of nitrogens with zero attached hydrogens (tertiary/aromatic N) is 2. The quantitative estimate of drug-likeness (QED) is 0.720. The zero-order valence-corrected chi connectivity index (χ0v) is 14.1. The molecule has 0 unspecified atom stereocenters. The minimum Gasteiger partial charge on any atom is -0.310 e. The van der Waals surface area contributed by atoms with Gasteiger partial charge < -0.3 is 5.32 Å². The second-order valence-electron chi connectivity index (χ2n) is 5.93. The second kappa shape index (κ2) is 6.24. The van der Waals surface area contributed by atoms with Crippen molar-refractivity contribution in [1.29, 1.82) is 0 Å². The molecule has 4 rings (SSSR count). The van der Waals surface area contributed by atoms with Gasteiger partial charge in [-0.2, -0.15) is 0 Å². The molecular weight excluding hydrogens is 318 g/mol. The van der Waals surface area contributed by atoms with E-state index >= 15 is 0 Å². The minimum absolute atomic E-state index is 0.0715. The van der Waals surface area contributed by atoms with Gasteiger partial charge in [0.05, 0.1) is 0 Å². The van der Waals surface area contributed by atoms with Crippen molar-refractivity contribution in [1.82, 2.24) is 9.97 Å². The predicted molar refractivity (Wildman–Crippen MR) is 98.1 cm³/mol. The second-order valence-corrected chi connectivity index (χ2v) is 6.72. The average molecular weight is 335 g/mol. The van der Waals surface area contributed by atoms with E-state index in [-0.39, 0.29) is 11.8 Å². The van der Waals surface area contributed by atoms with Crippen LogP contribution in [0.1, 0.15) is 12.8 Å². The highest BCUT2D eigenvalue weighted by Gasteiger charge is 2.29. The van der Waals surface area contributed by atoms with Gasteiger partial charge in [-0.25, -0.2) is 9.97 Å². The van der Waals surface area contributed by atoms with Crippen molar-refractivity contribution in [2.75, 3.05) is 11.6 Å². The number of amides is 1. The topological polar surface area (TPSA) is 54.9 Å². The molecule has 0 radical (unpaired) electrons. The molecule has 3 aromatic rings. The summed E-state index contributed by atoms with van der Waals surface area (Å²) in [6.07, 6.45) is 7.68. The van der Waals surface area contributed by atoms with Gasteiger partial charge in [0.25, 0.3) is 0 Å². The number of carbonyl (C=O) groups is 1. The molecule has 4 nitrogen and oxygen atoms in total. The molecule has 0 atom stereocenters. The summed E-state index contributed by atoms with van der Waals surface area (Å²) in [5.41, 5.74) is 2.15. The highest BCUT2D eigenvalue weighted by atomic mass is 32.2. The van der Waals surface area contributed by atoms with Crippen LogP contribution in [0.3, 0.4) is 0 Å². The Hall–Kier alpha value is -2.40. The third kappa shape index (κ3) is 2.87. The third-order valence-corrected chi connectivity index (χ3v) is 4.93. The molecule has 1 aliphatic carbocycles. The van der Waals surface area contributed by atoms with Crippen molar-refractivity contribution in [3.05, 3.63) is 48.8 Å². The maximum atomic E-state index is 12.0. The summed E-state index contributed by atoms with van der Waals surface area (Å²) in [4.78, 5) is 21.0. The van der Waals surface area contributed by atoms with E-state index in [0.717, 1.165) is 39.8 Å². The standard InChI is InChI=1S/C19H17N3OS/c1-24-19-16-11-20-17(22-18(23)13-7-8-13)9-14(16)15(10-21-19)12-5-3-2-4-6-12/h2-6,9-11,13H,7-8H2,1H3,(H,20,22,23). The van der Waals surface area contributed by atoms with E-state index in [0.29, 0.717) is 5.82 Å². The summed E-state index contributed by atoms with van der Waals surface area (Å²) >= 11 is 1.60. The number of pyridine rings is 2. The van der Waals surface area contributed by atoms with Gasteiger partial charge in [0.15, 0.2) is 0 Å². The lowest BCUT2D eigenvalue weighted by molar-refractivity contribution is -0.117. The van der Waals surface area contributed by atoms with E-state index in [9.17, 15) is 4.79 Å². The number of fused-ring (bicyclic) bond motifs is 1. The van der Waals surface area contributed by atoms with E-state index in [1.165, 1.54) is 0 Å². The molecule has 0 saturated heterocycles. The summed E-state index contributed by atoms with van der Waals surface area (Å²) in [7, 11) is 0. The highest BCUT2D eigenvalue weighted by Crippen LogP contribution is 2.34. The van der Waals surface area contributed by atoms with Crippen LogP contribution in [0.5, 0.6) is 0 Å². The van der Waals surface area contributed by atoms with Gasteiger partial charge in [-0.1, -0.05) is 30.3 Å². The van der Waals surface area contributed by atoms with Gasteiger partial charge in [0.2, 0.25) is 5.91 Å². The average Bonchev–Trinajstić information content (AvgIpc) is 3.46. The minimum atomic E-state index is 0.0715. The molecule has 1 N–H and O–H groups in total. The molecule has 2 aromatic heterocycles. The Morgan fingerprint density at radius 3 is 2.62 bits per heavy atom. The van der Waals surface area contributed by atoms with Crippen LogP contribution in [0.4, 0.5) is 5.82 Å². The molecule has 0 spiro atoms. The Kier molecular flexibility index (Phi) is 3.94. The fourth-order valence-corrected chi connectivity index (χ4v) is 3.30. The Balaban J connectivity index is 1.84. The molecule has 120 valence electrons. The van der Waals surface area contributed by atoms with E-state index < -0.39 is 0 Å². The lowest BCUT2D eigenvalue weighted by Crippen LogP contribution is -2.14. The number of anilines is 1. The van der Waals surface area contributed by atoms with Crippen LogP contribution in [-0.4, -0.2) is 22.1 Å². The summed E-state index contributed by atoms with van der Waals surface area (Å²) < 4.78 is 0. The van der Waals surface area contributed by atoms with Crippen molar-refractivity contribution >= 4 is 34.3 Å². The lowest BCUT2D eigenvalue weighted by atomic mass is 10.0. The maximum Gasteiger partial charge on any atom is 0.228 e.